The molecule has 3 heteroatoms. The third-order valence-electron chi connectivity index (χ3n) is 3.32. The first-order valence-corrected chi connectivity index (χ1v) is 6.94. The van der Waals surface area contributed by atoms with Gasteiger partial charge in [0.1, 0.15) is 0 Å². The molecule has 102 valence electrons. The molecule has 3 nitrogen and oxygen atoms in total. The van der Waals surface area contributed by atoms with Crippen LogP contribution in [0.25, 0.3) is 0 Å². The molecule has 0 aromatic heterocycles. The van der Waals surface area contributed by atoms with Crippen LogP contribution in [0.4, 0.5) is 0 Å². The highest BCUT2D eigenvalue weighted by Crippen LogP contribution is 2.31. The predicted octanol–water partition coefficient (Wildman–Crippen LogP) is 2.45. The van der Waals surface area contributed by atoms with Crippen molar-refractivity contribution in [2.24, 2.45) is 11.3 Å². The Bertz CT molecular complexity index is 182. The molecule has 0 saturated carbocycles. The summed E-state index contributed by atoms with van der Waals surface area (Å²) in [5.74, 6) is 0.710. The van der Waals surface area contributed by atoms with E-state index < -0.39 is 0 Å². The van der Waals surface area contributed by atoms with Crippen LogP contribution in [-0.4, -0.2) is 39.0 Å². The lowest BCUT2D eigenvalue weighted by Crippen LogP contribution is -2.37. The molecule has 0 spiro atoms. The number of ether oxygens (including phenoxy) is 2. The predicted molar refractivity (Wildman–Crippen MR) is 71.3 cm³/mol. The Morgan fingerprint density at radius 1 is 1.29 bits per heavy atom. The Labute approximate surface area is 106 Å². The molecule has 0 aromatic rings. The zero-order valence-corrected chi connectivity index (χ0v) is 11.9. The van der Waals surface area contributed by atoms with Gasteiger partial charge in [-0.1, -0.05) is 13.8 Å². The summed E-state index contributed by atoms with van der Waals surface area (Å²) >= 11 is 0. The van der Waals surface area contributed by atoms with Crippen LogP contribution in [0, 0.1) is 11.3 Å². The molecule has 1 N–H and O–H groups in total. The third kappa shape index (κ3) is 5.84. The lowest BCUT2D eigenvalue weighted by atomic mass is 9.84. The molecule has 1 rings (SSSR count). The van der Waals surface area contributed by atoms with Crippen molar-refractivity contribution in [1.29, 1.82) is 0 Å². The van der Waals surface area contributed by atoms with Crippen LogP contribution in [0.1, 0.15) is 40.5 Å². The summed E-state index contributed by atoms with van der Waals surface area (Å²) in [6.45, 7) is 13.5. The topological polar surface area (TPSA) is 30.5 Å². The molecule has 0 aromatic carbocycles. The van der Waals surface area contributed by atoms with Crippen LogP contribution >= 0.6 is 0 Å². The minimum absolute atomic E-state index is 0.309. The van der Waals surface area contributed by atoms with Crippen molar-refractivity contribution in [3.05, 3.63) is 0 Å². The second kappa shape index (κ2) is 7.34. The summed E-state index contributed by atoms with van der Waals surface area (Å²) in [4.78, 5) is 0. The Morgan fingerprint density at radius 3 is 2.59 bits per heavy atom. The quantitative estimate of drug-likeness (QED) is 0.710. The zero-order chi connectivity index (χ0) is 12.7. The maximum atomic E-state index is 5.67. The van der Waals surface area contributed by atoms with Gasteiger partial charge in [0, 0.05) is 25.2 Å². The van der Waals surface area contributed by atoms with Crippen molar-refractivity contribution < 1.29 is 9.47 Å². The smallest absolute Gasteiger partial charge is 0.0536 e. The first-order valence-electron chi connectivity index (χ1n) is 6.94. The van der Waals surface area contributed by atoms with E-state index in [-0.39, 0.29) is 0 Å². The number of hydrogen-bond donors (Lipinski definition) is 1. The van der Waals surface area contributed by atoms with E-state index in [1.165, 1.54) is 6.42 Å². The second-order valence-corrected chi connectivity index (χ2v) is 6.00. The van der Waals surface area contributed by atoms with Gasteiger partial charge in [-0.25, -0.2) is 0 Å². The van der Waals surface area contributed by atoms with E-state index in [0.29, 0.717) is 17.4 Å². The van der Waals surface area contributed by atoms with E-state index in [2.05, 4.69) is 33.0 Å². The maximum absolute atomic E-state index is 5.67. The van der Waals surface area contributed by atoms with E-state index in [0.717, 1.165) is 39.3 Å². The van der Waals surface area contributed by atoms with E-state index >= 15 is 0 Å². The van der Waals surface area contributed by atoms with Gasteiger partial charge in [0.2, 0.25) is 0 Å². The second-order valence-electron chi connectivity index (χ2n) is 6.00. The van der Waals surface area contributed by atoms with Gasteiger partial charge in [-0.2, -0.15) is 0 Å². The first kappa shape index (κ1) is 14.9. The molecule has 1 aliphatic heterocycles. The number of rotatable bonds is 8. The van der Waals surface area contributed by atoms with Crippen LogP contribution in [0.5, 0.6) is 0 Å². The highest BCUT2D eigenvalue weighted by molar-refractivity contribution is 4.85. The van der Waals surface area contributed by atoms with Gasteiger partial charge in [-0.15, -0.1) is 0 Å². The minimum Gasteiger partial charge on any atom is -0.381 e. The monoisotopic (exact) mass is 243 g/mol. The number of hydrogen-bond acceptors (Lipinski definition) is 3. The van der Waals surface area contributed by atoms with E-state index in [1.54, 1.807) is 0 Å². The summed E-state index contributed by atoms with van der Waals surface area (Å²) in [7, 11) is 0. The van der Waals surface area contributed by atoms with Gasteiger partial charge in [-0.3, -0.25) is 0 Å². The molecule has 1 aliphatic rings. The van der Waals surface area contributed by atoms with Gasteiger partial charge >= 0.3 is 0 Å². The average molecular weight is 243 g/mol. The molecule has 0 aliphatic carbocycles. The fourth-order valence-electron chi connectivity index (χ4n) is 2.21. The van der Waals surface area contributed by atoms with Crippen LogP contribution in [-0.2, 0) is 9.47 Å². The van der Waals surface area contributed by atoms with Crippen molar-refractivity contribution >= 4 is 0 Å². The summed E-state index contributed by atoms with van der Waals surface area (Å²) in [6.07, 6.45) is 2.61. The Hall–Kier alpha value is -0.120. The molecule has 1 atom stereocenters. The lowest BCUT2D eigenvalue weighted by molar-refractivity contribution is 0.0452. The summed E-state index contributed by atoms with van der Waals surface area (Å²) in [5.41, 5.74) is 0.309. The van der Waals surface area contributed by atoms with Gasteiger partial charge in [-0.05, 0) is 39.2 Å². The molecule has 1 heterocycles. The number of nitrogens with one attached hydrogen (secondary N) is 1. The van der Waals surface area contributed by atoms with E-state index in [9.17, 15) is 0 Å². The van der Waals surface area contributed by atoms with Crippen molar-refractivity contribution in [2.75, 3.05) is 32.9 Å². The summed E-state index contributed by atoms with van der Waals surface area (Å²) < 4.78 is 11.3. The lowest BCUT2D eigenvalue weighted by Gasteiger charge is -2.28. The zero-order valence-electron chi connectivity index (χ0n) is 11.9. The maximum Gasteiger partial charge on any atom is 0.0536 e. The molecule has 1 saturated heterocycles. The van der Waals surface area contributed by atoms with Gasteiger partial charge < -0.3 is 14.8 Å². The van der Waals surface area contributed by atoms with Crippen LogP contribution in [0.15, 0.2) is 0 Å². The van der Waals surface area contributed by atoms with Crippen LogP contribution in [0.2, 0.25) is 0 Å². The first-order chi connectivity index (χ1) is 8.04. The molecular weight excluding hydrogens is 214 g/mol. The van der Waals surface area contributed by atoms with Gasteiger partial charge in [0.05, 0.1) is 12.7 Å². The molecule has 0 amide bonds. The van der Waals surface area contributed by atoms with Crippen LogP contribution < -0.4 is 5.32 Å². The molecule has 1 fully saturated rings. The SMILES string of the molecule is CC(C)CNCC1(CCOC(C)C)CCOC1. The van der Waals surface area contributed by atoms with Crippen molar-refractivity contribution in [2.45, 2.75) is 46.6 Å². The van der Waals surface area contributed by atoms with E-state index in [4.69, 9.17) is 9.47 Å². The standard InChI is InChI=1S/C14H29NO2/c1-12(2)9-15-10-14(5-7-16-11-14)6-8-17-13(3)4/h12-13,15H,5-11H2,1-4H3. The fraction of sp³-hybridized carbons (Fsp3) is 1.00. The molecule has 17 heavy (non-hydrogen) atoms. The largest absolute Gasteiger partial charge is 0.381 e. The normalized spacial score (nSPS) is 25.1. The van der Waals surface area contributed by atoms with Gasteiger partial charge in [0.25, 0.3) is 0 Å². The minimum atomic E-state index is 0.309. The molecule has 1 unspecified atom stereocenters. The van der Waals surface area contributed by atoms with Crippen molar-refractivity contribution in [3.63, 3.8) is 0 Å². The summed E-state index contributed by atoms with van der Waals surface area (Å²) in [5, 5.41) is 3.57. The van der Waals surface area contributed by atoms with Crippen molar-refractivity contribution in [3.8, 4) is 0 Å². The fourth-order valence-corrected chi connectivity index (χ4v) is 2.21. The highest BCUT2D eigenvalue weighted by Gasteiger charge is 2.34. The average Bonchev–Trinajstić information content (AvgIpc) is 2.66. The third-order valence-corrected chi connectivity index (χ3v) is 3.32. The van der Waals surface area contributed by atoms with Crippen LogP contribution in [0.3, 0.4) is 0 Å². The molecule has 0 bridgehead atoms. The summed E-state index contributed by atoms with van der Waals surface area (Å²) in [6, 6.07) is 0. The Balaban J connectivity index is 2.29. The molecule has 0 radical (unpaired) electrons. The Morgan fingerprint density at radius 2 is 2.06 bits per heavy atom. The highest BCUT2D eigenvalue weighted by atomic mass is 16.5. The molecular formula is C14H29NO2. The van der Waals surface area contributed by atoms with Crippen molar-refractivity contribution in [1.82, 2.24) is 5.32 Å². The van der Waals surface area contributed by atoms with Gasteiger partial charge in [0.15, 0.2) is 0 Å². The van der Waals surface area contributed by atoms with E-state index in [1.807, 2.05) is 0 Å². The Kier molecular flexibility index (Phi) is 6.45.